The Balaban J connectivity index is 0.953. The minimum absolute atomic E-state index is 0.0134. The second-order valence-corrected chi connectivity index (χ2v) is 31.0. The summed E-state index contributed by atoms with van der Waals surface area (Å²) in [5, 5.41) is 3.56. The van der Waals surface area contributed by atoms with Gasteiger partial charge in [0.15, 0.2) is 0 Å². The van der Waals surface area contributed by atoms with Gasteiger partial charge >= 0.3 is 0 Å². The maximum atomic E-state index is 16.1. The van der Waals surface area contributed by atoms with Crippen LogP contribution >= 0.6 is 45.3 Å². The van der Waals surface area contributed by atoms with Crippen LogP contribution in [0.4, 0.5) is 11.4 Å². The van der Waals surface area contributed by atoms with Gasteiger partial charge in [-0.1, -0.05) is 241 Å². The van der Waals surface area contributed by atoms with E-state index in [1.54, 1.807) is 11.3 Å². The molecular weight excluding hydrogens is 1190 g/mol. The molecule has 474 valence electrons. The molecule has 2 unspecified atom stereocenters. The van der Waals surface area contributed by atoms with Crippen LogP contribution in [0.15, 0.2) is 138 Å². The number of thiophene rings is 4. The van der Waals surface area contributed by atoms with Crippen LogP contribution < -0.4 is 9.80 Å². The quantitative estimate of drug-likeness (QED) is 0.0304. The van der Waals surface area contributed by atoms with Crippen molar-refractivity contribution in [2.45, 2.75) is 196 Å². The molecule has 0 bridgehead atoms. The Morgan fingerprint density at radius 2 is 0.857 bits per heavy atom. The number of rotatable bonds is 33. The Hall–Kier alpha value is -6.36. The summed E-state index contributed by atoms with van der Waals surface area (Å²) >= 11 is 7.37. The molecule has 9 heteroatoms. The van der Waals surface area contributed by atoms with Crippen molar-refractivity contribution in [2.75, 3.05) is 22.9 Å². The topological polar surface area (TPSA) is 53.8 Å². The molecule has 12 rings (SSSR count). The summed E-state index contributed by atoms with van der Waals surface area (Å²) in [6, 6.07) is 48.5. The van der Waals surface area contributed by atoms with Crippen molar-refractivity contribution in [3.05, 3.63) is 154 Å². The lowest BCUT2D eigenvalue weighted by atomic mass is 9.93. The van der Waals surface area contributed by atoms with E-state index >= 15 is 9.59 Å². The predicted octanol–water partition coefficient (Wildman–Crippen LogP) is 26.2. The lowest BCUT2D eigenvalue weighted by molar-refractivity contribution is -0.114. The average Bonchev–Trinajstić information content (AvgIpc) is 1.58. The molecule has 2 atom stereocenters. The van der Waals surface area contributed by atoms with Crippen molar-refractivity contribution in [1.29, 1.82) is 0 Å². The van der Waals surface area contributed by atoms with E-state index in [0.717, 1.165) is 97.6 Å². The van der Waals surface area contributed by atoms with Crippen LogP contribution in [-0.4, -0.2) is 24.9 Å². The highest BCUT2D eigenvalue weighted by atomic mass is 32.1. The molecule has 0 saturated carbocycles. The van der Waals surface area contributed by atoms with Crippen molar-refractivity contribution in [2.24, 2.45) is 11.8 Å². The van der Waals surface area contributed by atoms with Crippen molar-refractivity contribution >= 4 is 111 Å². The number of anilines is 2. The van der Waals surface area contributed by atoms with Gasteiger partial charge in [0, 0.05) is 80.8 Å². The lowest BCUT2D eigenvalue weighted by Crippen LogP contribution is -2.34. The zero-order valence-corrected chi connectivity index (χ0v) is 58.3. The van der Waals surface area contributed by atoms with E-state index in [2.05, 4.69) is 185 Å². The highest BCUT2D eigenvalue weighted by Gasteiger charge is 2.43. The lowest BCUT2D eigenvalue weighted by Gasteiger charge is -2.25. The largest absolute Gasteiger partial charge is 0.455 e. The number of carbonyl (C=O) groups excluding carboxylic acids is 2. The number of amides is 2. The number of benzene rings is 5. The molecule has 2 aliphatic rings. The fraction of sp³-hybridized carbons (Fsp3) is 0.415. The van der Waals surface area contributed by atoms with Gasteiger partial charge < -0.3 is 14.2 Å². The molecule has 0 radical (unpaired) electrons. The molecule has 0 fully saturated rings. The first-order valence-electron chi connectivity index (χ1n) is 35.0. The monoisotopic (exact) mass is 1280 g/mol. The van der Waals surface area contributed by atoms with Crippen LogP contribution in [0.3, 0.4) is 0 Å². The molecular formula is C82H94N2O3S4. The summed E-state index contributed by atoms with van der Waals surface area (Å²) in [5.41, 5.74) is 11.4. The number of fused-ring (bicyclic) bond motifs is 8. The second kappa shape index (κ2) is 30.6. The van der Waals surface area contributed by atoms with Crippen LogP contribution in [-0.2, 0) is 9.59 Å². The summed E-state index contributed by atoms with van der Waals surface area (Å²) in [4.78, 5) is 43.7. The third-order valence-corrected chi connectivity index (χ3v) is 24.2. The van der Waals surface area contributed by atoms with E-state index in [1.807, 2.05) is 34.0 Å². The van der Waals surface area contributed by atoms with Gasteiger partial charge in [-0.25, -0.2) is 0 Å². The SMILES string of the molecule is CCCCCCCCC(CCCCCC)CN1C(=O)/C(=C2/C(=O)N(CC(CCCCCC)CCCCCCCC)c3cc(-c4ccc(-c5cc6c(s5)c5sc(C)cc5c5oc(-c7ccccc7)c(-c7ccccc7)c65)s4)ccc32)c2ccc(-c3ccc(C)s3)cc21. The molecule has 0 N–H and O–H groups in total. The maximum absolute atomic E-state index is 16.1. The summed E-state index contributed by atoms with van der Waals surface area (Å²) in [6.07, 6.45) is 29.2. The Kier molecular flexibility index (Phi) is 21.8. The third kappa shape index (κ3) is 14.3. The van der Waals surface area contributed by atoms with E-state index in [1.165, 1.54) is 173 Å². The van der Waals surface area contributed by atoms with Crippen molar-refractivity contribution in [3.63, 3.8) is 0 Å². The molecule has 5 aromatic heterocycles. The summed E-state index contributed by atoms with van der Waals surface area (Å²) in [5.74, 6) is 1.61. The van der Waals surface area contributed by atoms with Crippen LogP contribution in [0.2, 0.25) is 0 Å². The van der Waals surface area contributed by atoms with Crippen LogP contribution in [0, 0.1) is 25.7 Å². The van der Waals surface area contributed by atoms with Gasteiger partial charge in [-0.2, -0.15) is 0 Å². The van der Waals surface area contributed by atoms with E-state index < -0.39 is 0 Å². The number of aryl methyl sites for hydroxylation is 2. The predicted molar refractivity (Wildman–Crippen MR) is 398 cm³/mol. The normalized spacial score (nSPS) is 14.7. The van der Waals surface area contributed by atoms with Gasteiger partial charge in [-0.15, -0.1) is 45.3 Å². The Labute approximate surface area is 558 Å². The molecule has 2 aliphatic heterocycles. The summed E-state index contributed by atoms with van der Waals surface area (Å²) in [7, 11) is 0. The third-order valence-electron chi connectivity index (χ3n) is 19.5. The second-order valence-electron chi connectivity index (χ2n) is 26.4. The summed E-state index contributed by atoms with van der Waals surface area (Å²) < 4.78 is 9.67. The minimum atomic E-state index is -0.0194. The van der Waals surface area contributed by atoms with Gasteiger partial charge in [0.2, 0.25) is 0 Å². The van der Waals surface area contributed by atoms with E-state index in [4.69, 9.17) is 4.42 Å². The van der Waals surface area contributed by atoms with E-state index in [9.17, 15) is 0 Å². The highest BCUT2D eigenvalue weighted by molar-refractivity contribution is 7.31. The average molecular weight is 1280 g/mol. The fourth-order valence-electron chi connectivity index (χ4n) is 14.6. The standard InChI is InChI=1S/C82H94N2O3S4/c1-7-11-15-19-21-27-35-57(33-25-17-13-9-3)53-83-67-50-61(69-46-41-55(5)88-69)42-44-63(67)75(81(83)85)76-64-45-43-62(51-68(64)84(82(76)86)54-58(34-26-18-14-10-4)36-28-22-20-16-12-8-2)70-47-48-71(90-70)72-52-65-74-73(59-37-29-23-30-38-59)77(60-39-31-24-32-40-60)87-78(74)66-49-56(6)89-80(66)79(65)91-72/h23-24,29-32,37-52,57-58H,7-22,25-28,33-36,53-54H2,1-6H3/b76-75+. The van der Waals surface area contributed by atoms with Gasteiger partial charge in [0.25, 0.3) is 11.8 Å². The molecule has 91 heavy (non-hydrogen) atoms. The first kappa shape index (κ1) is 64.7. The van der Waals surface area contributed by atoms with Gasteiger partial charge in [0.1, 0.15) is 11.3 Å². The molecule has 7 heterocycles. The van der Waals surface area contributed by atoms with Crippen LogP contribution in [0.1, 0.15) is 203 Å². The number of hydrogen-bond donors (Lipinski definition) is 0. The van der Waals surface area contributed by atoms with Crippen LogP contribution in [0.5, 0.6) is 0 Å². The van der Waals surface area contributed by atoms with Crippen molar-refractivity contribution < 1.29 is 14.0 Å². The van der Waals surface area contributed by atoms with Crippen molar-refractivity contribution in [1.82, 2.24) is 0 Å². The van der Waals surface area contributed by atoms with Gasteiger partial charge in [-0.05, 0) is 117 Å². The molecule has 0 spiro atoms. The molecule has 10 aromatic rings. The Morgan fingerprint density at radius 1 is 0.396 bits per heavy atom. The smallest absolute Gasteiger partial charge is 0.259 e. The van der Waals surface area contributed by atoms with E-state index in [-0.39, 0.29) is 11.8 Å². The van der Waals surface area contributed by atoms with Gasteiger partial charge in [0.05, 0.1) is 31.9 Å². The Morgan fingerprint density at radius 3 is 1.37 bits per heavy atom. The number of hydrogen-bond acceptors (Lipinski definition) is 7. The van der Waals surface area contributed by atoms with Crippen molar-refractivity contribution in [3.8, 4) is 53.1 Å². The van der Waals surface area contributed by atoms with Crippen LogP contribution in [0.25, 0.3) is 95.4 Å². The number of unbranched alkanes of at least 4 members (excludes halogenated alkanes) is 16. The maximum Gasteiger partial charge on any atom is 0.259 e. The number of nitrogens with zero attached hydrogens (tertiary/aromatic N) is 2. The van der Waals surface area contributed by atoms with Gasteiger partial charge in [-0.3, -0.25) is 9.59 Å². The molecule has 5 nitrogen and oxygen atoms in total. The highest BCUT2D eigenvalue weighted by Crippen LogP contribution is 2.54. The minimum Gasteiger partial charge on any atom is -0.455 e. The zero-order valence-electron chi connectivity index (χ0n) is 55.0. The molecule has 2 amide bonds. The zero-order chi connectivity index (χ0) is 62.8. The summed E-state index contributed by atoms with van der Waals surface area (Å²) in [6.45, 7) is 14.9. The number of carbonyl (C=O) groups is 2. The fourth-order valence-corrected chi connectivity index (χ4v) is 18.9. The Bertz CT molecular complexity index is 4130. The first-order chi connectivity index (χ1) is 44.7. The number of furan rings is 1. The molecule has 0 saturated heterocycles. The molecule has 5 aromatic carbocycles. The molecule has 0 aliphatic carbocycles. The van der Waals surface area contributed by atoms with E-state index in [0.29, 0.717) is 36.1 Å². The first-order valence-corrected chi connectivity index (χ1v) is 38.3.